The van der Waals surface area contributed by atoms with Crippen LogP contribution in [0.2, 0.25) is 0 Å². The van der Waals surface area contributed by atoms with Gasteiger partial charge in [-0.25, -0.2) is 0 Å². The molecule has 2 heteroatoms. The SMILES string of the molecule is CCOc1ccccc1NC1CCC(C)CC1C. The molecule has 0 saturated heterocycles. The van der Waals surface area contributed by atoms with Crippen LogP contribution in [0.4, 0.5) is 5.69 Å². The third kappa shape index (κ3) is 3.18. The topological polar surface area (TPSA) is 21.3 Å². The summed E-state index contributed by atoms with van der Waals surface area (Å²) in [6.07, 6.45) is 3.93. The first kappa shape index (κ1) is 13.3. The van der Waals surface area contributed by atoms with Crippen molar-refractivity contribution >= 4 is 5.69 Å². The van der Waals surface area contributed by atoms with Gasteiger partial charge in [0.05, 0.1) is 12.3 Å². The number of hydrogen-bond donors (Lipinski definition) is 1. The van der Waals surface area contributed by atoms with E-state index in [2.05, 4.69) is 31.3 Å². The molecule has 1 aliphatic carbocycles. The highest BCUT2D eigenvalue weighted by molar-refractivity contribution is 5.56. The Morgan fingerprint density at radius 1 is 1.22 bits per heavy atom. The standard InChI is InChI=1S/C16H25NO/c1-4-18-16-8-6-5-7-15(16)17-14-10-9-12(2)11-13(14)3/h5-8,12-14,17H,4,9-11H2,1-3H3. The van der Waals surface area contributed by atoms with E-state index in [9.17, 15) is 0 Å². The van der Waals surface area contributed by atoms with Crippen LogP contribution >= 0.6 is 0 Å². The fourth-order valence-corrected chi connectivity index (χ4v) is 2.95. The van der Waals surface area contributed by atoms with Crippen molar-refractivity contribution in [2.75, 3.05) is 11.9 Å². The summed E-state index contributed by atoms with van der Waals surface area (Å²) >= 11 is 0. The minimum absolute atomic E-state index is 0.586. The van der Waals surface area contributed by atoms with Gasteiger partial charge in [0.2, 0.25) is 0 Å². The van der Waals surface area contributed by atoms with Crippen molar-refractivity contribution in [1.82, 2.24) is 0 Å². The van der Waals surface area contributed by atoms with Crippen LogP contribution in [0.15, 0.2) is 24.3 Å². The Bertz CT molecular complexity index is 377. The first-order valence-corrected chi connectivity index (χ1v) is 7.19. The van der Waals surface area contributed by atoms with Gasteiger partial charge >= 0.3 is 0 Å². The molecule has 0 amide bonds. The number of rotatable bonds is 4. The Hall–Kier alpha value is -1.18. The monoisotopic (exact) mass is 247 g/mol. The summed E-state index contributed by atoms with van der Waals surface area (Å²) < 4.78 is 5.67. The van der Waals surface area contributed by atoms with Crippen molar-refractivity contribution < 1.29 is 4.74 Å². The Balaban J connectivity index is 2.04. The second kappa shape index (κ2) is 6.12. The summed E-state index contributed by atoms with van der Waals surface area (Å²) in [5.74, 6) is 2.59. The molecule has 3 atom stereocenters. The van der Waals surface area contributed by atoms with Crippen molar-refractivity contribution in [3.8, 4) is 5.75 Å². The second-order valence-electron chi connectivity index (χ2n) is 5.58. The van der Waals surface area contributed by atoms with Gasteiger partial charge in [0.25, 0.3) is 0 Å². The van der Waals surface area contributed by atoms with E-state index in [4.69, 9.17) is 4.74 Å². The Kier molecular flexibility index (Phi) is 4.51. The summed E-state index contributed by atoms with van der Waals surface area (Å²) in [7, 11) is 0. The van der Waals surface area contributed by atoms with Crippen LogP contribution in [0.5, 0.6) is 5.75 Å². The van der Waals surface area contributed by atoms with Crippen LogP contribution in [0.3, 0.4) is 0 Å². The molecule has 2 rings (SSSR count). The average molecular weight is 247 g/mol. The van der Waals surface area contributed by atoms with Crippen molar-refractivity contribution in [3.63, 3.8) is 0 Å². The maximum Gasteiger partial charge on any atom is 0.142 e. The summed E-state index contributed by atoms with van der Waals surface area (Å²) in [6, 6.07) is 8.85. The maximum atomic E-state index is 5.67. The molecule has 2 nitrogen and oxygen atoms in total. The molecule has 0 aliphatic heterocycles. The van der Waals surface area contributed by atoms with E-state index < -0.39 is 0 Å². The van der Waals surface area contributed by atoms with E-state index in [0.717, 1.165) is 29.9 Å². The molecule has 18 heavy (non-hydrogen) atoms. The summed E-state index contributed by atoms with van der Waals surface area (Å²) in [4.78, 5) is 0. The van der Waals surface area contributed by atoms with Crippen molar-refractivity contribution in [1.29, 1.82) is 0 Å². The smallest absolute Gasteiger partial charge is 0.142 e. The fraction of sp³-hybridized carbons (Fsp3) is 0.625. The second-order valence-corrected chi connectivity index (χ2v) is 5.58. The fourth-order valence-electron chi connectivity index (χ4n) is 2.95. The highest BCUT2D eigenvalue weighted by Crippen LogP contribution is 2.33. The quantitative estimate of drug-likeness (QED) is 0.855. The van der Waals surface area contributed by atoms with Gasteiger partial charge in [-0.05, 0) is 50.2 Å². The zero-order chi connectivity index (χ0) is 13.0. The lowest BCUT2D eigenvalue weighted by Gasteiger charge is -2.34. The van der Waals surface area contributed by atoms with Gasteiger partial charge in [-0.3, -0.25) is 0 Å². The lowest BCUT2D eigenvalue weighted by Crippen LogP contribution is -2.33. The minimum atomic E-state index is 0.586. The molecule has 1 saturated carbocycles. The molecular weight excluding hydrogens is 222 g/mol. The van der Waals surface area contributed by atoms with E-state index >= 15 is 0 Å². The zero-order valence-electron chi connectivity index (χ0n) is 11.8. The Morgan fingerprint density at radius 3 is 2.72 bits per heavy atom. The molecule has 0 bridgehead atoms. The number of ether oxygens (including phenoxy) is 1. The van der Waals surface area contributed by atoms with E-state index in [1.807, 2.05) is 19.1 Å². The van der Waals surface area contributed by atoms with Crippen LogP contribution in [-0.2, 0) is 0 Å². The molecule has 100 valence electrons. The predicted octanol–water partition coefficient (Wildman–Crippen LogP) is 4.32. The van der Waals surface area contributed by atoms with Crippen molar-refractivity contribution in [2.45, 2.75) is 46.1 Å². The molecule has 1 aromatic carbocycles. The summed E-state index contributed by atoms with van der Waals surface area (Å²) in [6.45, 7) is 7.47. The van der Waals surface area contributed by atoms with E-state index in [0.29, 0.717) is 6.04 Å². The first-order chi connectivity index (χ1) is 8.70. The van der Waals surface area contributed by atoms with E-state index in [-0.39, 0.29) is 0 Å². The molecule has 1 aliphatic rings. The zero-order valence-corrected chi connectivity index (χ0v) is 11.8. The molecule has 0 heterocycles. The average Bonchev–Trinajstić information content (AvgIpc) is 2.35. The van der Waals surface area contributed by atoms with Gasteiger partial charge in [-0.15, -0.1) is 0 Å². The van der Waals surface area contributed by atoms with Gasteiger partial charge in [0.1, 0.15) is 5.75 Å². The highest BCUT2D eigenvalue weighted by atomic mass is 16.5. The van der Waals surface area contributed by atoms with Crippen LogP contribution in [0.25, 0.3) is 0 Å². The van der Waals surface area contributed by atoms with Crippen molar-refractivity contribution in [2.24, 2.45) is 11.8 Å². The van der Waals surface area contributed by atoms with Crippen LogP contribution < -0.4 is 10.1 Å². The van der Waals surface area contributed by atoms with Gasteiger partial charge in [0, 0.05) is 6.04 Å². The minimum Gasteiger partial charge on any atom is -0.492 e. The molecule has 1 N–H and O–H groups in total. The van der Waals surface area contributed by atoms with Gasteiger partial charge in [-0.1, -0.05) is 26.0 Å². The molecule has 0 spiro atoms. The molecule has 0 radical (unpaired) electrons. The third-order valence-corrected chi connectivity index (χ3v) is 3.96. The lowest BCUT2D eigenvalue weighted by molar-refractivity contribution is 0.275. The molecule has 0 aromatic heterocycles. The molecule has 1 fully saturated rings. The third-order valence-electron chi connectivity index (χ3n) is 3.96. The number of hydrogen-bond acceptors (Lipinski definition) is 2. The van der Waals surface area contributed by atoms with E-state index in [1.165, 1.54) is 19.3 Å². The van der Waals surface area contributed by atoms with Crippen molar-refractivity contribution in [3.05, 3.63) is 24.3 Å². The van der Waals surface area contributed by atoms with Gasteiger partial charge in [-0.2, -0.15) is 0 Å². The van der Waals surface area contributed by atoms with Crippen LogP contribution in [-0.4, -0.2) is 12.6 Å². The van der Waals surface area contributed by atoms with Crippen LogP contribution in [0.1, 0.15) is 40.0 Å². The number of nitrogens with one attached hydrogen (secondary N) is 1. The largest absolute Gasteiger partial charge is 0.492 e. The normalized spacial score (nSPS) is 27.8. The number of benzene rings is 1. The first-order valence-electron chi connectivity index (χ1n) is 7.19. The Labute approximate surface area is 111 Å². The van der Waals surface area contributed by atoms with Gasteiger partial charge < -0.3 is 10.1 Å². The highest BCUT2D eigenvalue weighted by Gasteiger charge is 2.25. The number of anilines is 1. The van der Waals surface area contributed by atoms with Gasteiger partial charge in [0.15, 0.2) is 0 Å². The number of para-hydroxylation sites is 2. The maximum absolute atomic E-state index is 5.67. The van der Waals surface area contributed by atoms with Crippen LogP contribution in [0, 0.1) is 11.8 Å². The van der Waals surface area contributed by atoms with E-state index in [1.54, 1.807) is 0 Å². The Morgan fingerprint density at radius 2 is 2.00 bits per heavy atom. The lowest BCUT2D eigenvalue weighted by atomic mass is 9.80. The molecule has 3 unspecified atom stereocenters. The predicted molar refractivity (Wildman–Crippen MR) is 77.2 cm³/mol. The molecule has 1 aromatic rings. The summed E-state index contributed by atoms with van der Waals surface area (Å²) in [5.41, 5.74) is 1.14. The summed E-state index contributed by atoms with van der Waals surface area (Å²) in [5, 5.41) is 3.68. The molecular formula is C16H25NO.